The average molecular weight is 392 g/mol. The molecule has 3 aromatic carbocycles. The highest BCUT2D eigenvalue weighted by atomic mass is 79.9. The molecule has 0 atom stereocenters. The summed E-state index contributed by atoms with van der Waals surface area (Å²) in [5.41, 5.74) is 0. The van der Waals surface area contributed by atoms with Crippen molar-refractivity contribution in [3.8, 4) is 0 Å². The third-order valence-electron chi connectivity index (χ3n) is 3.68. The Kier molecular flexibility index (Phi) is 6.04. The molecule has 0 saturated carbocycles. The molecule has 0 N–H and O–H groups in total. The second-order valence-electron chi connectivity index (χ2n) is 4.92. The number of benzene rings is 3. The van der Waals surface area contributed by atoms with Crippen LogP contribution < -0.4 is 32.9 Å². The van der Waals surface area contributed by atoms with Gasteiger partial charge in [0.25, 0.3) is 0 Å². The largest absolute Gasteiger partial charge is 1.00 e. The van der Waals surface area contributed by atoms with Crippen LogP contribution in [0.15, 0.2) is 91.0 Å². The minimum atomic E-state index is -3.04. The van der Waals surface area contributed by atoms with Crippen LogP contribution in [-0.4, -0.2) is 0 Å². The quantitative estimate of drug-likeness (QED) is 0.589. The molecule has 0 spiro atoms. The number of hydrogen-bond acceptors (Lipinski definition) is 0. The SMILES string of the molecule is F[C](F)[P+](c1ccccc1)(c1ccccc1)c1ccccc1.[Br-]. The van der Waals surface area contributed by atoms with Crippen LogP contribution in [0.2, 0.25) is 0 Å². The molecule has 0 amide bonds. The molecule has 0 aromatic heterocycles. The van der Waals surface area contributed by atoms with Crippen molar-refractivity contribution in [3.05, 3.63) is 97.2 Å². The first kappa shape index (κ1) is 17.8. The van der Waals surface area contributed by atoms with Crippen LogP contribution in [0, 0.1) is 6.17 Å². The van der Waals surface area contributed by atoms with Crippen molar-refractivity contribution in [2.75, 3.05) is 0 Å². The van der Waals surface area contributed by atoms with Crippen LogP contribution >= 0.6 is 7.26 Å². The predicted molar refractivity (Wildman–Crippen MR) is 90.6 cm³/mol. The molecule has 0 bridgehead atoms. The zero-order valence-electron chi connectivity index (χ0n) is 12.2. The molecule has 0 aliphatic carbocycles. The fourth-order valence-corrected chi connectivity index (χ4v) is 6.03. The van der Waals surface area contributed by atoms with E-state index in [2.05, 4.69) is 0 Å². The number of rotatable bonds is 4. The Hall–Kier alpha value is -1.57. The lowest BCUT2D eigenvalue weighted by atomic mass is 10.4. The van der Waals surface area contributed by atoms with Gasteiger partial charge in [0.05, 0.1) is 0 Å². The lowest BCUT2D eigenvalue weighted by Gasteiger charge is -2.24. The normalized spacial score (nSPS) is 11.1. The Labute approximate surface area is 146 Å². The smallest absolute Gasteiger partial charge is 0.468 e. The van der Waals surface area contributed by atoms with Crippen LogP contribution in [0.25, 0.3) is 0 Å². The monoisotopic (exact) mass is 391 g/mol. The van der Waals surface area contributed by atoms with E-state index < -0.39 is 13.4 Å². The average Bonchev–Trinajstić information content (AvgIpc) is 2.58. The number of halogens is 3. The van der Waals surface area contributed by atoms with Gasteiger partial charge < -0.3 is 17.0 Å². The fraction of sp³-hybridized carbons (Fsp3) is 0. The molecule has 1 radical (unpaired) electrons. The molecule has 23 heavy (non-hydrogen) atoms. The molecule has 0 heterocycles. The van der Waals surface area contributed by atoms with Gasteiger partial charge in [-0.15, -0.1) is 0 Å². The summed E-state index contributed by atoms with van der Waals surface area (Å²) in [5.74, 6) is 0. The fourth-order valence-electron chi connectivity index (χ4n) is 2.69. The molecule has 0 unspecified atom stereocenters. The first-order valence-corrected chi connectivity index (χ1v) is 8.79. The van der Waals surface area contributed by atoms with E-state index in [1.165, 1.54) is 0 Å². The van der Waals surface area contributed by atoms with Crippen molar-refractivity contribution in [3.63, 3.8) is 0 Å². The van der Waals surface area contributed by atoms with Gasteiger partial charge in [0, 0.05) is 0 Å². The number of hydrogen-bond donors (Lipinski definition) is 0. The van der Waals surface area contributed by atoms with Gasteiger partial charge in [0.15, 0.2) is 7.26 Å². The zero-order valence-corrected chi connectivity index (χ0v) is 14.7. The summed E-state index contributed by atoms with van der Waals surface area (Å²) in [5, 5.41) is 2.02. The lowest BCUT2D eigenvalue weighted by Crippen LogP contribution is -3.00. The van der Waals surface area contributed by atoms with Crippen molar-refractivity contribution >= 4 is 23.2 Å². The maximum Gasteiger partial charge on any atom is 0.468 e. The highest BCUT2D eigenvalue weighted by Gasteiger charge is 2.56. The van der Waals surface area contributed by atoms with Gasteiger partial charge in [-0.25, -0.2) is 0 Å². The van der Waals surface area contributed by atoms with Gasteiger partial charge in [-0.2, -0.15) is 8.78 Å². The van der Waals surface area contributed by atoms with Crippen molar-refractivity contribution in [1.29, 1.82) is 0 Å². The lowest BCUT2D eigenvalue weighted by molar-refractivity contribution is -0.00000598. The molecule has 0 aliphatic heterocycles. The topological polar surface area (TPSA) is 0 Å². The summed E-state index contributed by atoms with van der Waals surface area (Å²) in [6.45, 7) is 0. The van der Waals surface area contributed by atoms with E-state index in [4.69, 9.17) is 0 Å². The van der Waals surface area contributed by atoms with Gasteiger partial charge >= 0.3 is 6.17 Å². The van der Waals surface area contributed by atoms with Crippen molar-refractivity contribution in [2.24, 2.45) is 0 Å². The molecule has 0 nitrogen and oxygen atoms in total. The predicted octanol–water partition coefficient (Wildman–Crippen LogP) is 1.37. The molecule has 0 saturated heterocycles. The zero-order chi connectivity index (χ0) is 15.4. The highest BCUT2D eigenvalue weighted by Crippen LogP contribution is 2.65. The molecule has 3 aromatic rings. The summed E-state index contributed by atoms with van der Waals surface area (Å²) >= 11 is 0. The summed E-state index contributed by atoms with van der Waals surface area (Å²) < 4.78 is 28.8. The summed E-state index contributed by atoms with van der Waals surface area (Å²) in [4.78, 5) is 0. The third kappa shape index (κ3) is 3.22. The molecule has 0 fully saturated rings. The van der Waals surface area contributed by atoms with Gasteiger partial charge in [-0.05, 0) is 36.4 Å². The second-order valence-corrected chi connectivity index (χ2v) is 8.15. The van der Waals surface area contributed by atoms with Gasteiger partial charge in [0.1, 0.15) is 15.9 Å². The van der Waals surface area contributed by atoms with Crippen LogP contribution in [0.1, 0.15) is 0 Å². The summed E-state index contributed by atoms with van der Waals surface area (Å²) in [6.07, 6.45) is -1.52. The summed E-state index contributed by atoms with van der Waals surface area (Å²) in [7, 11) is -3.04. The van der Waals surface area contributed by atoms with Crippen molar-refractivity contribution in [1.82, 2.24) is 0 Å². The van der Waals surface area contributed by atoms with Gasteiger partial charge in [-0.3, -0.25) is 0 Å². The Morgan fingerprint density at radius 2 is 0.783 bits per heavy atom. The molecule has 3 rings (SSSR count). The maximum atomic E-state index is 14.4. The van der Waals surface area contributed by atoms with E-state index in [0.29, 0.717) is 15.9 Å². The maximum absolute atomic E-state index is 14.4. The minimum absolute atomic E-state index is 0. The molecular weight excluding hydrogens is 377 g/mol. The highest BCUT2D eigenvalue weighted by molar-refractivity contribution is 7.97. The van der Waals surface area contributed by atoms with E-state index in [-0.39, 0.29) is 17.0 Å². The molecule has 117 valence electrons. The van der Waals surface area contributed by atoms with Crippen LogP contribution in [0.3, 0.4) is 0 Å². The molecule has 0 aliphatic rings. The Morgan fingerprint density at radius 3 is 1.00 bits per heavy atom. The van der Waals surface area contributed by atoms with E-state index in [0.717, 1.165) is 0 Å². The Balaban J connectivity index is 0.00000192. The van der Waals surface area contributed by atoms with Crippen molar-refractivity contribution in [2.45, 2.75) is 0 Å². The first-order chi connectivity index (χ1) is 10.8. The summed E-state index contributed by atoms with van der Waals surface area (Å²) in [6, 6.07) is 27.3. The van der Waals surface area contributed by atoms with E-state index in [1.807, 2.05) is 54.6 Å². The van der Waals surface area contributed by atoms with Crippen LogP contribution in [-0.2, 0) is 0 Å². The second kappa shape index (κ2) is 7.81. The Bertz CT molecular complexity index is 621. The van der Waals surface area contributed by atoms with E-state index in [1.54, 1.807) is 36.4 Å². The van der Waals surface area contributed by atoms with Crippen LogP contribution in [0.4, 0.5) is 8.78 Å². The van der Waals surface area contributed by atoms with E-state index in [9.17, 15) is 8.78 Å². The third-order valence-corrected chi connectivity index (χ3v) is 7.41. The van der Waals surface area contributed by atoms with Crippen molar-refractivity contribution < 1.29 is 25.8 Å². The van der Waals surface area contributed by atoms with Gasteiger partial charge in [-0.1, -0.05) is 54.6 Å². The first-order valence-electron chi connectivity index (χ1n) is 7.00. The molecular formula is C19H15BrF2P. The Morgan fingerprint density at radius 1 is 0.522 bits per heavy atom. The van der Waals surface area contributed by atoms with Gasteiger partial charge in [0.2, 0.25) is 0 Å². The van der Waals surface area contributed by atoms with Crippen LogP contribution in [0.5, 0.6) is 0 Å². The molecule has 4 heteroatoms. The standard InChI is InChI=1S/C19H15F2P.BrH/c20-19(21)22(16-10-4-1-5-11-16,17-12-6-2-7-13-17)18-14-8-3-9-15-18;/h1-15H;1H/q+1;/p-1. The van der Waals surface area contributed by atoms with E-state index >= 15 is 0 Å². The minimum Gasteiger partial charge on any atom is -1.00 e.